The summed E-state index contributed by atoms with van der Waals surface area (Å²) in [5, 5.41) is 0. The summed E-state index contributed by atoms with van der Waals surface area (Å²) in [6.45, 7) is -0.596. The number of ether oxygens (including phenoxy) is 1. The molecule has 0 radical (unpaired) electrons. The van der Waals surface area contributed by atoms with E-state index in [-0.39, 0.29) is 5.75 Å². The van der Waals surface area contributed by atoms with Gasteiger partial charge < -0.3 is 10.5 Å². The van der Waals surface area contributed by atoms with Gasteiger partial charge >= 0.3 is 6.18 Å². The Morgan fingerprint density at radius 1 is 1.18 bits per heavy atom. The molecule has 0 spiro atoms. The van der Waals surface area contributed by atoms with Crippen LogP contribution in [0.2, 0.25) is 0 Å². The van der Waals surface area contributed by atoms with Crippen LogP contribution in [0.4, 0.5) is 13.2 Å². The van der Waals surface area contributed by atoms with Crippen molar-refractivity contribution in [3.8, 4) is 5.75 Å². The standard InChI is InChI=1S/C9H7F3I3NO/c10-9(11,12)7(3-16)17-8-5(14)1-4(13)2-6(8)15/h1-2,7H,3,16H2. The van der Waals surface area contributed by atoms with E-state index in [1.165, 1.54) is 0 Å². The molecule has 0 bridgehead atoms. The molecule has 0 aliphatic heterocycles. The van der Waals surface area contributed by atoms with Crippen LogP contribution in [-0.4, -0.2) is 18.8 Å². The molecule has 1 aromatic rings. The lowest BCUT2D eigenvalue weighted by atomic mass is 10.3. The first-order chi connectivity index (χ1) is 7.75. The van der Waals surface area contributed by atoms with Gasteiger partial charge in [-0.1, -0.05) is 0 Å². The van der Waals surface area contributed by atoms with Crippen LogP contribution in [0.25, 0.3) is 0 Å². The van der Waals surface area contributed by atoms with Crippen molar-refractivity contribution < 1.29 is 17.9 Å². The maximum atomic E-state index is 12.5. The van der Waals surface area contributed by atoms with Gasteiger partial charge in [-0.3, -0.25) is 0 Å². The van der Waals surface area contributed by atoms with Gasteiger partial charge in [-0.2, -0.15) is 13.2 Å². The summed E-state index contributed by atoms with van der Waals surface area (Å²) in [4.78, 5) is 0. The van der Waals surface area contributed by atoms with Crippen molar-refractivity contribution in [1.82, 2.24) is 0 Å². The third kappa shape index (κ3) is 4.53. The molecule has 0 saturated heterocycles. The van der Waals surface area contributed by atoms with Gasteiger partial charge in [0.1, 0.15) is 5.75 Å². The molecule has 17 heavy (non-hydrogen) atoms. The Morgan fingerprint density at radius 3 is 2.00 bits per heavy atom. The molecule has 0 aliphatic rings. The quantitative estimate of drug-likeness (QED) is 0.551. The lowest BCUT2D eigenvalue weighted by Crippen LogP contribution is -2.41. The molecule has 2 nitrogen and oxygen atoms in total. The highest BCUT2D eigenvalue weighted by Gasteiger charge is 2.41. The predicted octanol–water partition coefficient (Wildman–Crippen LogP) is 3.77. The highest BCUT2D eigenvalue weighted by Crippen LogP contribution is 2.33. The van der Waals surface area contributed by atoms with E-state index in [9.17, 15) is 13.2 Å². The second-order valence-electron chi connectivity index (χ2n) is 3.08. The first kappa shape index (κ1) is 16.0. The molecule has 8 heteroatoms. The molecule has 1 aromatic carbocycles. The molecule has 1 atom stereocenters. The molecule has 0 fully saturated rings. The molecular formula is C9H7F3I3NO. The third-order valence-corrected chi connectivity index (χ3v) is 4.03. The minimum Gasteiger partial charge on any atom is -0.477 e. The van der Waals surface area contributed by atoms with Crippen LogP contribution >= 0.6 is 67.8 Å². The lowest BCUT2D eigenvalue weighted by Gasteiger charge is -2.21. The van der Waals surface area contributed by atoms with E-state index in [0.29, 0.717) is 7.14 Å². The molecule has 0 saturated carbocycles. The summed E-state index contributed by atoms with van der Waals surface area (Å²) < 4.78 is 44.8. The number of benzene rings is 1. The zero-order chi connectivity index (χ0) is 13.2. The Balaban J connectivity index is 3.02. The first-order valence-electron chi connectivity index (χ1n) is 4.33. The SMILES string of the molecule is NCC(Oc1c(I)cc(I)cc1I)C(F)(F)F. The molecule has 2 N–H and O–H groups in total. The van der Waals surface area contributed by atoms with E-state index < -0.39 is 18.8 Å². The lowest BCUT2D eigenvalue weighted by molar-refractivity contribution is -0.191. The number of hydrogen-bond acceptors (Lipinski definition) is 2. The average Bonchev–Trinajstić information content (AvgIpc) is 2.14. The van der Waals surface area contributed by atoms with Crippen molar-refractivity contribution in [3.05, 3.63) is 22.8 Å². The third-order valence-electron chi connectivity index (χ3n) is 1.80. The Kier molecular flexibility index (Phi) is 6.04. The van der Waals surface area contributed by atoms with E-state index in [1.54, 1.807) is 12.1 Å². The smallest absolute Gasteiger partial charge is 0.426 e. The fraction of sp³-hybridized carbons (Fsp3) is 0.333. The van der Waals surface area contributed by atoms with Crippen molar-refractivity contribution in [2.75, 3.05) is 6.54 Å². The molecule has 1 unspecified atom stereocenters. The van der Waals surface area contributed by atoms with Crippen molar-refractivity contribution in [3.63, 3.8) is 0 Å². The van der Waals surface area contributed by atoms with Crippen LogP contribution in [0.3, 0.4) is 0 Å². The topological polar surface area (TPSA) is 35.2 Å². The minimum atomic E-state index is -4.45. The summed E-state index contributed by atoms with van der Waals surface area (Å²) in [5.74, 6) is 0.236. The maximum absolute atomic E-state index is 12.5. The summed E-state index contributed by atoms with van der Waals surface area (Å²) in [5.41, 5.74) is 5.09. The van der Waals surface area contributed by atoms with Crippen molar-refractivity contribution in [2.45, 2.75) is 12.3 Å². The molecule has 0 heterocycles. The molecule has 96 valence electrons. The van der Waals surface area contributed by atoms with E-state index in [4.69, 9.17) is 10.5 Å². The summed E-state index contributed by atoms with van der Waals surface area (Å²) in [6, 6.07) is 3.51. The highest BCUT2D eigenvalue weighted by atomic mass is 127. The number of hydrogen-bond donors (Lipinski definition) is 1. The Bertz CT molecular complexity index is 388. The number of alkyl halides is 3. The molecule has 1 rings (SSSR count). The van der Waals surface area contributed by atoms with Crippen LogP contribution < -0.4 is 10.5 Å². The van der Waals surface area contributed by atoms with Crippen LogP contribution in [0.15, 0.2) is 12.1 Å². The molecule has 0 aromatic heterocycles. The van der Waals surface area contributed by atoms with Crippen LogP contribution in [-0.2, 0) is 0 Å². The van der Waals surface area contributed by atoms with Gasteiger partial charge in [0, 0.05) is 10.1 Å². The van der Waals surface area contributed by atoms with E-state index in [0.717, 1.165) is 3.57 Å². The highest BCUT2D eigenvalue weighted by molar-refractivity contribution is 14.1. The van der Waals surface area contributed by atoms with Crippen LogP contribution in [0.5, 0.6) is 5.75 Å². The Morgan fingerprint density at radius 2 is 1.65 bits per heavy atom. The second kappa shape index (κ2) is 6.41. The zero-order valence-corrected chi connectivity index (χ0v) is 14.7. The van der Waals surface area contributed by atoms with Crippen molar-refractivity contribution in [1.29, 1.82) is 0 Å². The minimum absolute atomic E-state index is 0.236. The van der Waals surface area contributed by atoms with Gasteiger partial charge in [-0.25, -0.2) is 0 Å². The zero-order valence-electron chi connectivity index (χ0n) is 8.19. The normalized spacial score (nSPS) is 13.6. The fourth-order valence-electron chi connectivity index (χ4n) is 1.03. The number of nitrogens with two attached hydrogens (primary N) is 1. The van der Waals surface area contributed by atoms with Gasteiger partial charge in [0.25, 0.3) is 0 Å². The largest absolute Gasteiger partial charge is 0.477 e. The number of halogens is 6. The summed E-state index contributed by atoms with van der Waals surface area (Å²) >= 11 is 5.99. The van der Waals surface area contributed by atoms with E-state index in [1.807, 2.05) is 45.2 Å². The van der Waals surface area contributed by atoms with Crippen LogP contribution in [0.1, 0.15) is 0 Å². The fourth-order valence-corrected chi connectivity index (χ4v) is 4.87. The molecular weight excluding hydrogens is 576 g/mol. The van der Waals surface area contributed by atoms with Gasteiger partial charge in [-0.05, 0) is 79.9 Å². The molecule has 0 aliphatic carbocycles. The van der Waals surface area contributed by atoms with Gasteiger partial charge in [-0.15, -0.1) is 0 Å². The summed E-state index contributed by atoms with van der Waals surface area (Å²) in [7, 11) is 0. The number of rotatable bonds is 3. The average molecular weight is 583 g/mol. The first-order valence-corrected chi connectivity index (χ1v) is 7.57. The summed E-state index contributed by atoms with van der Waals surface area (Å²) in [6.07, 6.45) is -6.42. The Labute approximate surface area is 137 Å². The van der Waals surface area contributed by atoms with Gasteiger partial charge in [0.2, 0.25) is 6.10 Å². The van der Waals surface area contributed by atoms with Gasteiger partial charge in [0.05, 0.1) is 7.14 Å². The van der Waals surface area contributed by atoms with E-state index in [2.05, 4.69) is 22.6 Å². The predicted molar refractivity (Wildman–Crippen MR) is 84.1 cm³/mol. The monoisotopic (exact) mass is 583 g/mol. The van der Waals surface area contributed by atoms with Crippen molar-refractivity contribution in [2.24, 2.45) is 5.73 Å². The molecule has 0 amide bonds. The van der Waals surface area contributed by atoms with Crippen molar-refractivity contribution >= 4 is 67.8 Å². The Hall–Kier alpha value is 0.960. The van der Waals surface area contributed by atoms with Crippen LogP contribution in [0, 0.1) is 10.7 Å². The van der Waals surface area contributed by atoms with Gasteiger partial charge in [0.15, 0.2) is 0 Å². The second-order valence-corrected chi connectivity index (χ2v) is 6.65. The maximum Gasteiger partial charge on any atom is 0.426 e. The van der Waals surface area contributed by atoms with E-state index >= 15 is 0 Å².